The predicted octanol–water partition coefficient (Wildman–Crippen LogP) is 2.14. The Morgan fingerprint density at radius 3 is 2.48 bits per heavy atom. The molecule has 1 aromatic rings. The predicted molar refractivity (Wildman–Crippen MR) is 86.3 cm³/mol. The third-order valence-corrected chi connectivity index (χ3v) is 3.14. The molecular formula is C17H23NO5. The molecule has 0 saturated carbocycles. The maximum absolute atomic E-state index is 11.6. The molecule has 0 aliphatic heterocycles. The van der Waals surface area contributed by atoms with E-state index in [-0.39, 0.29) is 18.9 Å². The van der Waals surface area contributed by atoms with E-state index in [4.69, 9.17) is 14.6 Å². The van der Waals surface area contributed by atoms with Crippen LogP contribution in [0.4, 0.5) is 0 Å². The summed E-state index contributed by atoms with van der Waals surface area (Å²) in [5, 5.41) is 11.6. The van der Waals surface area contributed by atoms with Gasteiger partial charge in [0.1, 0.15) is 5.75 Å². The van der Waals surface area contributed by atoms with E-state index < -0.39 is 12.1 Å². The van der Waals surface area contributed by atoms with E-state index in [1.165, 1.54) is 7.11 Å². The fraction of sp³-hybridized carbons (Fsp3) is 0.412. The molecule has 0 aromatic heterocycles. The van der Waals surface area contributed by atoms with Crippen LogP contribution >= 0.6 is 0 Å². The molecule has 1 amide bonds. The van der Waals surface area contributed by atoms with Crippen LogP contribution in [0.3, 0.4) is 0 Å². The van der Waals surface area contributed by atoms with Gasteiger partial charge in [-0.25, -0.2) is 4.79 Å². The minimum absolute atomic E-state index is 0.0993. The lowest BCUT2D eigenvalue weighted by molar-refractivity contribution is -0.148. The lowest BCUT2D eigenvalue weighted by atomic mass is 10.1. The molecule has 0 fully saturated rings. The summed E-state index contributed by atoms with van der Waals surface area (Å²) in [6.07, 6.45) is 1.05. The van der Waals surface area contributed by atoms with E-state index in [1.807, 2.05) is 6.92 Å². The zero-order valence-corrected chi connectivity index (χ0v) is 13.5. The van der Waals surface area contributed by atoms with Crippen LogP contribution < -0.4 is 10.1 Å². The highest BCUT2D eigenvalue weighted by atomic mass is 16.5. The molecule has 0 unspecified atom stereocenters. The van der Waals surface area contributed by atoms with Crippen molar-refractivity contribution in [1.82, 2.24) is 5.32 Å². The highest BCUT2D eigenvalue weighted by molar-refractivity contribution is 5.79. The fourth-order valence-corrected chi connectivity index (χ4v) is 1.95. The maximum Gasteiger partial charge on any atom is 0.333 e. The molecule has 1 aromatic carbocycles. The van der Waals surface area contributed by atoms with Gasteiger partial charge in [0.15, 0.2) is 12.7 Å². The van der Waals surface area contributed by atoms with Crippen LogP contribution in [0.5, 0.6) is 5.75 Å². The lowest BCUT2D eigenvalue weighted by Gasteiger charge is -2.11. The minimum atomic E-state index is -1.00. The first-order valence-corrected chi connectivity index (χ1v) is 7.41. The standard InChI is InChI=1S/C17H23NO5/c1-4-5-12(2)18-16(19)11-23-14-8-6-13(7-9-14)10-15(22-3)17(20)21/h6-9,15H,2,4-5,10-11H2,1,3H3,(H,18,19)(H,20,21)/t15-/m0/s1. The molecule has 0 radical (unpaired) electrons. The number of rotatable bonds is 10. The molecule has 0 bridgehead atoms. The average molecular weight is 321 g/mol. The highest BCUT2D eigenvalue weighted by Crippen LogP contribution is 2.14. The van der Waals surface area contributed by atoms with Gasteiger partial charge in [0.2, 0.25) is 0 Å². The van der Waals surface area contributed by atoms with Gasteiger partial charge < -0.3 is 19.9 Å². The van der Waals surface area contributed by atoms with Crippen molar-refractivity contribution in [3.8, 4) is 5.75 Å². The molecule has 0 saturated heterocycles. The van der Waals surface area contributed by atoms with E-state index in [2.05, 4.69) is 11.9 Å². The first kappa shape index (κ1) is 18.7. The Bertz CT molecular complexity index is 538. The summed E-state index contributed by atoms with van der Waals surface area (Å²) in [7, 11) is 1.36. The van der Waals surface area contributed by atoms with Gasteiger partial charge in [0, 0.05) is 19.2 Å². The van der Waals surface area contributed by atoms with Gasteiger partial charge >= 0.3 is 5.97 Å². The number of carboxylic acids is 1. The molecule has 2 N–H and O–H groups in total. The number of benzene rings is 1. The molecule has 1 atom stereocenters. The topological polar surface area (TPSA) is 84.9 Å². The molecule has 23 heavy (non-hydrogen) atoms. The highest BCUT2D eigenvalue weighted by Gasteiger charge is 2.16. The Labute approximate surface area is 136 Å². The van der Waals surface area contributed by atoms with Crippen molar-refractivity contribution in [1.29, 1.82) is 0 Å². The van der Waals surface area contributed by atoms with Gasteiger partial charge in [-0.3, -0.25) is 4.79 Å². The summed E-state index contributed by atoms with van der Waals surface area (Å²) in [5.41, 5.74) is 1.49. The zero-order valence-electron chi connectivity index (χ0n) is 13.5. The minimum Gasteiger partial charge on any atom is -0.484 e. The molecule has 1 rings (SSSR count). The Balaban J connectivity index is 2.46. The molecular weight excluding hydrogens is 298 g/mol. The molecule has 6 nitrogen and oxygen atoms in total. The monoisotopic (exact) mass is 321 g/mol. The Morgan fingerprint density at radius 2 is 1.96 bits per heavy atom. The number of ether oxygens (including phenoxy) is 2. The van der Waals surface area contributed by atoms with Gasteiger partial charge in [-0.15, -0.1) is 0 Å². The normalized spacial score (nSPS) is 11.6. The van der Waals surface area contributed by atoms with Crippen LogP contribution in [-0.4, -0.2) is 36.8 Å². The Kier molecular flexibility index (Phi) is 7.83. The molecule has 0 aliphatic rings. The fourth-order valence-electron chi connectivity index (χ4n) is 1.95. The zero-order chi connectivity index (χ0) is 17.2. The van der Waals surface area contributed by atoms with Gasteiger partial charge in [-0.1, -0.05) is 32.1 Å². The first-order chi connectivity index (χ1) is 11.0. The van der Waals surface area contributed by atoms with Crippen LogP contribution in [0.1, 0.15) is 25.3 Å². The summed E-state index contributed by atoms with van der Waals surface area (Å²) in [5.74, 6) is -0.719. The van der Waals surface area contributed by atoms with Gasteiger partial charge in [0.25, 0.3) is 5.91 Å². The van der Waals surface area contributed by atoms with E-state index >= 15 is 0 Å². The molecule has 126 valence electrons. The van der Waals surface area contributed by atoms with Crippen LogP contribution in [0.25, 0.3) is 0 Å². The second kappa shape index (κ2) is 9.63. The van der Waals surface area contributed by atoms with E-state index in [1.54, 1.807) is 24.3 Å². The number of amides is 1. The summed E-state index contributed by atoms with van der Waals surface area (Å²) < 4.78 is 10.3. The second-order valence-electron chi connectivity index (χ2n) is 5.10. The van der Waals surface area contributed by atoms with Crippen LogP contribution in [-0.2, 0) is 20.7 Å². The third-order valence-electron chi connectivity index (χ3n) is 3.14. The number of nitrogens with one attached hydrogen (secondary N) is 1. The molecule has 6 heteroatoms. The van der Waals surface area contributed by atoms with Crippen molar-refractivity contribution in [2.75, 3.05) is 13.7 Å². The van der Waals surface area contributed by atoms with Crippen LogP contribution in [0.2, 0.25) is 0 Å². The number of hydrogen-bond acceptors (Lipinski definition) is 4. The smallest absolute Gasteiger partial charge is 0.333 e. The number of carbonyl (C=O) groups excluding carboxylic acids is 1. The van der Waals surface area contributed by atoms with Gasteiger partial charge in [0.05, 0.1) is 0 Å². The summed E-state index contributed by atoms with van der Waals surface area (Å²) in [6.45, 7) is 5.66. The number of hydrogen-bond donors (Lipinski definition) is 2. The largest absolute Gasteiger partial charge is 0.484 e. The van der Waals surface area contributed by atoms with Crippen molar-refractivity contribution >= 4 is 11.9 Å². The lowest BCUT2D eigenvalue weighted by Crippen LogP contribution is -2.27. The summed E-state index contributed by atoms with van der Waals surface area (Å²) in [4.78, 5) is 22.6. The van der Waals surface area contributed by atoms with Crippen LogP contribution in [0.15, 0.2) is 36.5 Å². The van der Waals surface area contributed by atoms with Crippen molar-refractivity contribution in [3.63, 3.8) is 0 Å². The maximum atomic E-state index is 11.6. The molecule has 0 heterocycles. The van der Waals surface area contributed by atoms with Crippen molar-refractivity contribution in [3.05, 3.63) is 42.1 Å². The van der Waals surface area contributed by atoms with Crippen molar-refractivity contribution in [2.45, 2.75) is 32.3 Å². The third kappa shape index (κ3) is 6.97. The van der Waals surface area contributed by atoms with E-state index in [0.717, 1.165) is 18.4 Å². The van der Waals surface area contributed by atoms with Crippen molar-refractivity contribution in [2.24, 2.45) is 0 Å². The average Bonchev–Trinajstić information content (AvgIpc) is 2.51. The number of methoxy groups -OCH3 is 1. The molecule has 0 aliphatic carbocycles. The Morgan fingerprint density at radius 1 is 1.30 bits per heavy atom. The van der Waals surface area contributed by atoms with Gasteiger partial charge in [-0.05, 0) is 24.1 Å². The van der Waals surface area contributed by atoms with Gasteiger partial charge in [-0.2, -0.15) is 0 Å². The Hall–Kier alpha value is -2.34. The number of carbonyl (C=O) groups is 2. The summed E-state index contributed by atoms with van der Waals surface area (Å²) in [6, 6.07) is 6.88. The second-order valence-corrected chi connectivity index (χ2v) is 5.10. The number of aliphatic carboxylic acids is 1. The van der Waals surface area contributed by atoms with E-state index in [9.17, 15) is 9.59 Å². The first-order valence-electron chi connectivity index (χ1n) is 7.41. The van der Waals surface area contributed by atoms with E-state index in [0.29, 0.717) is 11.4 Å². The van der Waals surface area contributed by atoms with Crippen molar-refractivity contribution < 1.29 is 24.2 Å². The number of allylic oxidation sites excluding steroid dienone is 1. The summed E-state index contributed by atoms with van der Waals surface area (Å²) >= 11 is 0. The molecule has 0 spiro atoms. The quantitative estimate of drug-likeness (QED) is 0.689. The SMILES string of the molecule is C=C(CCC)NC(=O)COc1ccc(C[C@H](OC)C(=O)O)cc1. The number of carboxylic acid groups (broad SMARTS) is 1. The van der Waals surface area contributed by atoms with Crippen LogP contribution in [0, 0.1) is 0 Å².